The van der Waals surface area contributed by atoms with Gasteiger partial charge in [-0.3, -0.25) is 4.40 Å². The second-order valence-electron chi connectivity index (χ2n) is 5.76. The van der Waals surface area contributed by atoms with Crippen LogP contribution in [0.25, 0.3) is 27.6 Å². The van der Waals surface area contributed by atoms with E-state index in [4.69, 9.17) is 10.1 Å². The lowest BCUT2D eigenvalue weighted by Crippen LogP contribution is -2.23. The Morgan fingerprint density at radius 3 is 2.77 bits per heavy atom. The molecule has 8 heteroatoms. The molecular weight excluding hydrogens is 353 g/mol. The molecular formula is C18H16FN5OS. The highest BCUT2D eigenvalue weighted by molar-refractivity contribution is 7.15. The molecule has 4 aromatic rings. The molecule has 6 nitrogen and oxygen atoms in total. The Morgan fingerprint density at radius 1 is 1.19 bits per heavy atom. The third kappa shape index (κ3) is 2.93. The van der Waals surface area contributed by atoms with Crippen molar-refractivity contribution in [3.8, 4) is 22.6 Å². The van der Waals surface area contributed by atoms with Crippen molar-refractivity contribution in [1.82, 2.24) is 19.4 Å². The van der Waals surface area contributed by atoms with E-state index in [2.05, 4.69) is 9.97 Å². The van der Waals surface area contributed by atoms with Gasteiger partial charge in [-0.15, -0.1) is 11.3 Å². The highest BCUT2D eigenvalue weighted by Crippen LogP contribution is 2.33. The number of halogens is 1. The van der Waals surface area contributed by atoms with Crippen molar-refractivity contribution in [3.63, 3.8) is 0 Å². The van der Waals surface area contributed by atoms with Crippen LogP contribution in [0.15, 0.2) is 48.1 Å². The molecule has 0 saturated carbocycles. The maximum atomic E-state index is 13.3. The Labute approximate surface area is 153 Å². The molecule has 0 spiro atoms. The van der Waals surface area contributed by atoms with E-state index < -0.39 is 0 Å². The number of benzene rings is 1. The molecule has 1 N–H and O–H groups in total. The van der Waals surface area contributed by atoms with E-state index in [-0.39, 0.29) is 12.4 Å². The van der Waals surface area contributed by atoms with E-state index in [1.165, 1.54) is 23.5 Å². The number of anilines is 1. The summed E-state index contributed by atoms with van der Waals surface area (Å²) in [7, 11) is 1.83. The molecule has 0 aliphatic heterocycles. The second-order valence-corrected chi connectivity index (χ2v) is 6.63. The molecule has 3 heterocycles. The quantitative estimate of drug-likeness (QED) is 0.586. The predicted octanol–water partition coefficient (Wildman–Crippen LogP) is 3.09. The molecule has 4 rings (SSSR count). The van der Waals surface area contributed by atoms with E-state index in [9.17, 15) is 4.39 Å². The molecule has 26 heavy (non-hydrogen) atoms. The molecule has 0 radical (unpaired) electrons. The van der Waals surface area contributed by atoms with Crippen LogP contribution in [0.4, 0.5) is 10.3 Å². The number of rotatable bonds is 5. The highest BCUT2D eigenvalue weighted by atomic mass is 32.1. The minimum Gasteiger partial charge on any atom is -0.395 e. The van der Waals surface area contributed by atoms with Crippen LogP contribution in [-0.4, -0.2) is 44.7 Å². The number of imidazole rings is 1. The zero-order chi connectivity index (χ0) is 18.1. The fourth-order valence-corrected chi connectivity index (χ4v) is 3.47. The van der Waals surface area contributed by atoms with Crippen molar-refractivity contribution in [2.75, 3.05) is 25.1 Å². The molecule has 3 aromatic heterocycles. The molecule has 0 atom stereocenters. The summed E-state index contributed by atoms with van der Waals surface area (Å²) >= 11 is 1.52. The zero-order valence-corrected chi connectivity index (χ0v) is 14.8. The molecule has 1 aromatic carbocycles. The Hall–Kier alpha value is -2.84. The summed E-state index contributed by atoms with van der Waals surface area (Å²) in [6.07, 6.45) is 3.63. The van der Waals surface area contributed by atoms with E-state index in [0.717, 1.165) is 21.9 Å². The van der Waals surface area contributed by atoms with Gasteiger partial charge in [0, 0.05) is 36.9 Å². The van der Waals surface area contributed by atoms with Crippen molar-refractivity contribution < 1.29 is 9.50 Å². The van der Waals surface area contributed by atoms with Gasteiger partial charge in [0.05, 0.1) is 18.0 Å². The lowest BCUT2D eigenvalue weighted by atomic mass is 10.1. The SMILES string of the molecule is CN(CCO)c1nccc(-c2c(-c3ccc(F)cc3)nc3sccn23)n1. The topological polar surface area (TPSA) is 66.5 Å². The monoisotopic (exact) mass is 369 g/mol. The van der Waals surface area contributed by atoms with Gasteiger partial charge < -0.3 is 10.0 Å². The number of likely N-dealkylation sites (N-methyl/N-ethyl adjacent to an activating group) is 1. The van der Waals surface area contributed by atoms with Gasteiger partial charge in [0.15, 0.2) is 4.96 Å². The fourth-order valence-electron chi connectivity index (χ4n) is 2.75. The van der Waals surface area contributed by atoms with Gasteiger partial charge in [0.1, 0.15) is 11.5 Å². The third-order valence-electron chi connectivity index (χ3n) is 4.04. The molecule has 0 saturated heterocycles. The standard InChI is InChI=1S/C18H16FN5OS/c1-23(8-10-25)17-20-7-6-14(21-17)16-15(12-2-4-13(19)5-3-12)22-18-24(16)9-11-26-18/h2-7,9,11,25H,8,10H2,1H3. The molecule has 0 amide bonds. The van der Waals surface area contributed by atoms with E-state index in [1.54, 1.807) is 23.2 Å². The Morgan fingerprint density at radius 2 is 2.00 bits per heavy atom. The molecule has 132 valence electrons. The van der Waals surface area contributed by atoms with Crippen molar-refractivity contribution in [3.05, 3.63) is 53.9 Å². The summed E-state index contributed by atoms with van der Waals surface area (Å²) in [5.41, 5.74) is 3.10. The van der Waals surface area contributed by atoms with E-state index in [0.29, 0.717) is 18.2 Å². The van der Waals surface area contributed by atoms with Crippen molar-refractivity contribution in [2.45, 2.75) is 0 Å². The Bertz CT molecular complexity index is 1040. The van der Waals surface area contributed by atoms with Crippen molar-refractivity contribution in [1.29, 1.82) is 0 Å². The lowest BCUT2D eigenvalue weighted by Gasteiger charge is -2.16. The average Bonchev–Trinajstić information content (AvgIpc) is 3.23. The molecule has 0 bridgehead atoms. The van der Waals surface area contributed by atoms with Crippen LogP contribution in [0, 0.1) is 5.82 Å². The first-order valence-corrected chi connectivity index (χ1v) is 8.92. The van der Waals surface area contributed by atoms with Gasteiger partial charge in [-0.2, -0.15) is 0 Å². The first kappa shape index (κ1) is 16.6. The molecule has 0 aliphatic rings. The summed E-state index contributed by atoms with van der Waals surface area (Å²) in [6.45, 7) is 0.459. The Balaban J connectivity index is 1.88. The van der Waals surface area contributed by atoms with E-state index in [1.807, 2.05) is 29.1 Å². The number of aromatic nitrogens is 4. The Kier molecular flexibility index (Phi) is 4.36. The number of nitrogens with zero attached hydrogens (tertiary/aromatic N) is 5. The number of hydrogen-bond donors (Lipinski definition) is 1. The summed E-state index contributed by atoms with van der Waals surface area (Å²) in [4.78, 5) is 16.2. The first-order valence-electron chi connectivity index (χ1n) is 8.04. The first-order chi connectivity index (χ1) is 12.7. The number of aliphatic hydroxyl groups excluding tert-OH is 1. The zero-order valence-electron chi connectivity index (χ0n) is 14.0. The van der Waals surface area contributed by atoms with Gasteiger partial charge in [-0.05, 0) is 30.3 Å². The molecule has 0 aliphatic carbocycles. The maximum Gasteiger partial charge on any atom is 0.225 e. The molecule has 0 unspecified atom stereocenters. The van der Waals surface area contributed by atoms with Crippen LogP contribution in [0.1, 0.15) is 0 Å². The fraction of sp³-hybridized carbons (Fsp3) is 0.167. The van der Waals surface area contributed by atoms with Gasteiger partial charge in [-0.25, -0.2) is 19.3 Å². The van der Waals surface area contributed by atoms with Gasteiger partial charge in [0.25, 0.3) is 0 Å². The highest BCUT2D eigenvalue weighted by Gasteiger charge is 2.19. The largest absolute Gasteiger partial charge is 0.395 e. The summed E-state index contributed by atoms with van der Waals surface area (Å²) < 4.78 is 15.3. The normalized spacial score (nSPS) is 11.2. The minimum absolute atomic E-state index is 0.0202. The van der Waals surface area contributed by atoms with Gasteiger partial charge >= 0.3 is 0 Å². The minimum atomic E-state index is -0.286. The summed E-state index contributed by atoms with van der Waals surface area (Å²) in [6, 6.07) is 8.10. The number of thiazole rings is 1. The number of hydrogen-bond acceptors (Lipinski definition) is 6. The summed E-state index contributed by atoms with van der Waals surface area (Å²) in [5.74, 6) is 0.234. The second kappa shape index (κ2) is 6.81. The smallest absolute Gasteiger partial charge is 0.225 e. The van der Waals surface area contributed by atoms with Crippen molar-refractivity contribution >= 4 is 22.2 Å². The molecule has 0 fully saturated rings. The van der Waals surface area contributed by atoms with Crippen LogP contribution in [0.3, 0.4) is 0 Å². The average molecular weight is 369 g/mol. The van der Waals surface area contributed by atoms with Crippen LogP contribution < -0.4 is 4.90 Å². The van der Waals surface area contributed by atoms with Gasteiger partial charge in [-0.1, -0.05) is 0 Å². The third-order valence-corrected chi connectivity index (χ3v) is 4.80. The number of aliphatic hydroxyl groups is 1. The van der Waals surface area contributed by atoms with E-state index >= 15 is 0 Å². The van der Waals surface area contributed by atoms with Crippen LogP contribution in [0.5, 0.6) is 0 Å². The predicted molar refractivity (Wildman–Crippen MR) is 99.8 cm³/mol. The van der Waals surface area contributed by atoms with Gasteiger partial charge in [0.2, 0.25) is 5.95 Å². The van der Waals surface area contributed by atoms with Crippen molar-refractivity contribution in [2.24, 2.45) is 0 Å². The van der Waals surface area contributed by atoms with Crippen LogP contribution >= 0.6 is 11.3 Å². The van der Waals surface area contributed by atoms with Crippen LogP contribution in [0.2, 0.25) is 0 Å². The number of fused-ring (bicyclic) bond motifs is 1. The van der Waals surface area contributed by atoms with Crippen LogP contribution in [-0.2, 0) is 0 Å². The lowest BCUT2D eigenvalue weighted by molar-refractivity contribution is 0.303. The maximum absolute atomic E-state index is 13.3. The summed E-state index contributed by atoms with van der Waals surface area (Å²) in [5, 5.41) is 11.1.